The molecule has 92 valence electrons. The molecule has 3 nitrogen and oxygen atoms in total. The smallest absolute Gasteiger partial charge is 0.124 e. The minimum Gasteiger partial charge on any atom is -0.388 e. The summed E-state index contributed by atoms with van der Waals surface area (Å²) in [6, 6.07) is 7.91. The Balaban J connectivity index is 2.28. The lowest BCUT2D eigenvalue weighted by Crippen LogP contribution is -2.11. The molecule has 0 unspecified atom stereocenters. The van der Waals surface area contributed by atoms with Crippen molar-refractivity contribution in [2.24, 2.45) is 5.73 Å². The molecule has 0 aliphatic rings. The van der Waals surface area contributed by atoms with Crippen LogP contribution in [0.3, 0.4) is 0 Å². The van der Waals surface area contributed by atoms with Crippen LogP contribution >= 0.6 is 28.1 Å². The molecular formula is C12H9BrFN3S. The van der Waals surface area contributed by atoms with Crippen LogP contribution in [0, 0.1) is 5.82 Å². The van der Waals surface area contributed by atoms with Crippen LogP contribution in [0.2, 0.25) is 0 Å². The Kier molecular flexibility index (Phi) is 3.88. The molecule has 0 spiro atoms. The maximum absolute atomic E-state index is 13.0. The van der Waals surface area contributed by atoms with Crippen molar-refractivity contribution in [3.8, 4) is 0 Å². The molecule has 0 saturated heterocycles. The van der Waals surface area contributed by atoms with Gasteiger partial charge in [-0.3, -0.25) is 4.98 Å². The largest absolute Gasteiger partial charge is 0.388 e. The number of thiocarbonyl (C=S) groups is 1. The Hall–Kier alpha value is -1.53. The van der Waals surface area contributed by atoms with Gasteiger partial charge in [0.15, 0.2) is 0 Å². The fourth-order valence-corrected chi connectivity index (χ4v) is 1.95. The number of rotatable bonds is 3. The Morgan fingerprint density at radius 1 is 1.33 bits per heavy atom. The summed E-state index contributed by atoms with van der Waals surface area (Å²) in [5.74, 6) is -0.300. The molecule has 0 fully saturated rings. The lowest BCUT2D eigenvalue weighted by molar-refractivity contribution is 0.627. The van der Waals surface area contributed by atoms with Crippen LogP contribution < -0.4 is 11.1 Å². The zero-order valence-corrected chi connectivity index (χ0v) is 11.6. The number of aromatic nitrogens is 1. The van der Waals surface area contributed by atoms with Crippen molar-refractivity contribution in [3.05, 3.63) is 52.5 Å². The van der Waals surface area contributed by atoms with Gasteiger partial charge < -0.3 is 11.1 Å². The van der Waals surface area contributed by atoms with E-state index in [9.17, 15) is 4.39 Å². The van der Waals surface area contributed by atoms with Crippen molar-refractivity contribution in [3.63, 3.8) is 0 Å². The zero-order valence-electron chi connectivity index (χ0n) is 9.15. The highest BCUT2D eigenvalue weighted by molar-refractivity contribution is 9.10. The standard InChI is InChI=1S/C12H9BrFN3S/c13-9-5-7(14)1-2-10(9)17-8-3-4-16-11(6-8)12(15)18/h1-6H,(H2,15,18)(H,16,17). The molecule has 0 saturated carbocycles. The number of nitrogens with zero attached hydrogens (tertiary/aromatic N) is 1. The first-order valence-corrected chi connectivity index (χ1v) is 6.24. The molecule has 2 aromatic rings. The molecule has 0 atom stereocenters. The SMILES string of the molecule is NC(=S)c1cc(Nc2ccc(F)cc2Br)ccn1. The summed E-state index contributed by atoms with van der Waals surface area (Å²) in [4.78, 5) is 4.27. The third-order valence-electron chi connectivity index (χ3n) is 2.22. The Morgan fingerprint density at radius 2 is 2.11 bits per heavy atom. The van der Waals surface area contributed by atoms with E-state index in [1.807, 2.05) is 0 Å². The lowest BCUT2D eigenvalue weighted by atomic mass is 10.2. The average Bonchev–Trinajstić information content (AvgIpc) is 2.33. The predicted molar refractivity (Wildman–Crippen MR) is 77.5 cm³/mol. The number of anilines is 2. The summed E-state index contributed by atoms with van der Waals surface area (Å²) in [7, 11) is 0. The minimum absolute atomic E-state index is 0.233. The highest BCUT2D eigenvalue weighted by Gasteiger charge is 2.04. The fraction of sp³-hybridized carbons (Fsp3) is 0. The van der Waals surface area contributed by atoms with Crippen molar-refractivity contribution in [2.75, 3.05) is 5.32 Å². The first-order chi connectivity index (χ1) is 8.56. The van der Waals surface area contributed by atoms with E-state index in [4.69, 9.17) is 18.0 Å². The molecule has 0 aliphatic heterocycles. The molecule has 18 heavy (non-hydrogen) atoms. The van der Waals surface area contributed by atoms with Crippen LogP contribution in [-0.2, 0) is 0 Å². The van der Waals surface area contributed by atoms with Gasteiger partial charge in [-0.25, -0.2) is 4.39 Å². The van der Waals surface area contributed by atoms with E-state index < -0.39 is 0 Å². The van der Waals surface area contributed by atoms with Crippen LogP contribution in [0.5, 0.6) is 0 Å². The minimum atomic E-state index is -0.300. The van der Waals surface area contributed by atoms with Gasteiger partial charge in [-0.2, -0.15) is 0 Å². The average molecular weight is 326 g/mol. The Morgan fingerprint density at radius 3 is 2.78 bits per heavy atom. The first-order valence-electron chi connectivity index (χ1n) is 5.04. The zero-order chi connectivity index (χ0) is 13.1. The van der Waals surface area contributed by atoms with Crippen molar-refractivity contribution in [1.29, 1.82) is 0 Å². The molecule has 0 radical (unpaired) electrons. The summed E-state index contributed by atoms with van der Waals surface area (Å²) in [6.45, 7) is 0. The Labute approximate surface area is 117 Å². The monoisotopic (exact) mass is 325 g/mol. The third-order valence-corrected chi connectivity index (χ3v) is 3.09. The van der Waals surface area contributed by atoms with Gasteiger partial charge in [0.2, 0.25) is 0 Å². The van der Waals surface area contributed by atoms with Gasteiger partial charge in [0, 0.05) is 16.4 Å². The highest BCUT2D eigenvalue weighted by Crippen LogP contribution is 2.26. The summed E-state index contributed by atoms with van der Waals surface area (Å²) in [6.07, 6.45) is 1.61. The molecule has 0 amide bonds. The second-order valence-corrected chi connectivity index (χ2v) is 4.84. The van der Waals surface area contributed by atoms with Crippen LogP contribution in [0.15, 0.2) is 41.0 Å². The van der Waals surface area contributed by atoms with Gasteiger partial charge in [-0.05, 0) is 46.3 Å². The van der Waals surface area contributed by atoms with Gasteiger partial charge >= 0.3 is 0 Å². The van der Waals surface area contributed by atoms with Crippen molar-refractivity contribution in [2.45, 2.75) is 0 Å². The number of halogens is 2. The van der Waals surface area contributed by atoms with E-state index in [1.165, 1.54) is 12.1 Å². The van der Waals surface area contributed by atoms with Crippen LogP contribution in [0.25, 0.3) is 0 Å². The molecule has 0 aliphatic carbocycles. The number of nitrogens with two attached hydrogens (primary N) is 1. The third kappa shape index (κ3) is 3.02. The molecule has 1 heterocycles. The number of benzene rings is 1. The number of nitrogens with one attached hydrogen (secondary N) is 1. The van der Waals surface area contributed by atoms with E-state index in [-0.39, 0.29) is 10.8 Å². The van der Waals surface area contributed by atoms with Gasteiger partial charge in [0.25, 0.3) is 0 Å². The Bertz CT molecular complexity index is 604. The summed E-state index contributed by atoms with van der Waals surface area (Å²) < 4.78 is 13.6. The fourth-order valence-electron chi connectivity index (χ4n) is 1.39. The molecule has 3 N–H and O–H groups in total. The molecule has 1 aromatic heterocycles. The lowest BCUT2D eigenvalue weighted by Gasteiger charge is -2.09. The molecule has 0 bridgehead atoms. The van der Waals surface area contributed by atoms with E-state index in [2.05, 4.69) is 26.2 Å². The first kappa shape index (κ1) is 12.9. The molecule has 1 aromatic carbocycles. The van der Waals surface area contributed by atoms with Crippen molar-refractivity contribution >= 4 is 44.5 Å². The summed E-state index contributed by atoms with van der Waals surface area (Å²) in [5, 5.41) is 3.13. The van der Waals surface area contributed by atoms with E-state index in [0.29, 0.717) is 10.2 Å². The summed E-state index contributed by atoms with van der Waals surface area (Å²) in [5.41, 5.74) is 7.57. The topological polar surface area (TPSA) is 50.9 Å². The maximum atomic E-state index is 13.0. The van der Waals surface area contributed by atoms with Crippen LogP contribution in [0.4, 0.5) is 15.8 Å². The molecule has 2 rings (SSSR count). The second-order valence-electron chi connectivity index (χ2n) is 3.54. The number of hydrogen-bond donors (Lipinski definition) is 2. The van der Waals surface area contributed by atoms with E-state index >= 15 is 0 Å². The van der Waals surface area contributed by atoms with Gasteiger partial charge in [-0.15, -0.1) is 0 Å². The van der Waals surface area contributed by atoms with Gasteiger partial charge in [0.1, 0.15) is 10.8 Å². The van der Waals surface area contributed by atoms with Gasteiger partial charge in [0.05, 0.1) is 11.4 Å². The number of pyridine rings is 1. The predicted octanol–water partition coefficient (Wildman–Crippen LogP) is 3.36. The van der Waals surface area contributed by atoms with E-state index in [1.54, 1.807) is 24.4 Å². The second kappa shape index (κ2) is 5.41. The van der Waals surface area contributed by atoms with E-state index in [0.717, 1.165) is 11.4 Å². The maximum Gasteiger partial charge on any atom is 0.124 e. The quantitative estimate of drug-likeness (QED) is 0.849. The normalized spacial score (nSPS) is 10.1. The van der Waals surface area contributed by atoms with Crippen molar-refractivity contribution < 1.29 is 4.39 Å². The number of hydrogen-bond acceptors (Lipinski definition) is 3. The van der Waals surface area contributed by atoms with Crippen LogP contribution in [0.1, 0.15) is 5.69 Å². The summed E-state index contributed by atoms with van der Waals surface area (Å²) >= 11 is 8.14. The molecule has 6 heteroatoms. The van der Waals surface area contributed by atoms with Gasteiger partial charge in [-0.1, -0.05) is 12.2 Å². The highest BCUT2D eigenvalue weighted by atomic mass is 79.9. The van der Waals surface area contributed by atoms with Crippen LogP contribution in [-0.4, -0.2) is 9.97 Å². The molecular weight excluding hydrogens is 317 g/mol. The van der Waals surface area contributed by atoms with Crippen molar-refractivity contribution in [1.82, 2.24) is 4.98 Å².